The molecule has 0 aliphatic carbocycles. The van der Waals surface area contributed by atoms with Gasteiger partial charge in [0.2, 0.25) is 5.89 Å². The number of rotatable bonds is 4. The first kappa shape index (κ1) is 21.0. The zero-order valence-corrected chi connectivity index (χ0v) is 16.2. The Bertz CT molecular complexity index is 608. The first-order valence-corrected chi connectivity index (χ1v) is 8.14. The Morgan fingerprint density at radius 2 is 1.92 bits per heavy atom. The molecule has 2 heterocycles. The van der Waals surface area contributed by atoms with Crippen molar-refractivity contribution in [2.24, 2.45) is 0 Å². The highest BCUT2D eigenvalue weighted by Crippen LogP contribution is 2.25. The van der Waals surface area contributed by atoms with Gasteiger partial charge in [0.05, 0.1) is 12.2 Å². The molecule has 1 aliphatic heterocycles. The Hall–Kier alpha value is -1.07. The molecule has 1 unspecified atom stereocenters. The number of piperazine rings is 1. The van der Waals surface area contributed by atoms with Gasteiger partial charge in [-0.1, -0.05) is 31.2 Å². The molecule has 4 nitrogen and oxygen atoms in total. The van der Waals surface area contributed by atoms with Crippen LogP contribution in [0.2, 0.25) is 0 Å². The van der Waals surface area contributed by atoms with Crippen molar-refractivity contribution in [2.75, 3.05) is 19.6 Å². The Morgan fingerprint density at radius 1 is 1.21 bits per heavy atom. The fourth-order valence-corrected chi connectivity index (χ4v) is 3.02. The lowest BCUT2D eigenvalue weighted by atomic mass is 10.0. The Balaban J connectivity index is 0.00000144. The van der Waals surface area contributed by atoms with Crippen molar-refractivity contribution in [2.45, 2.75) is 39.8 Å². The first-order chi connectivity index (χ1) is 10.7. The normalized spacial score (nSPS) is 17.9. The van der Waals surface area contributed by atoms with Gasteiger partial charge in [0.15, 0.2) is 0 Å². The second kappa shape index (κ2) is 9.42. The van der Waals surface area contributed by atoms with E-state index in [9.17, 15) is 0 Å². The van der Waals surface area contributed by atoms with E-state index < -0.39 is 0 Å². The van der Waals surface area contributed by atoms with Crippen LogP contribution in [-0.4, -0.2) is 29.5 Å². The molecule has 1 aromatic carbocycles. The number of benzene rings is 1. The van der Waals surface area contributed by atoms with Gasteiger partial charge in [-0.25, -0.2) is 4.98 Å². The van der Waals surface area contributed by atoms with Gasteiger partial charge >= 0.3 is 0 Å². The molecule has 0 radical (unpaired) electrons. The highest BCUT2D eigenvalue weighted by atomic mass is 35.5. The lowest BCUT2D eigenvalue weighted by Crippen LogP contribution is -2.45. The number of aromatic nitrogens is 1. The number of halogens is 2. The number of oxazole rings is 1. The van der Waals surface area contributed by atoms with E-state index in [4.69, 9.17) is 4.42 Å². The third-order valence-electron chi connectivity index (χ3n) is 4.54. The van der Waals surface area contributed by atoms with Crippen LogP contribution in [0.15, 0.2) is 28.7 Å². The molecule has 3 rings (SSSR count). The lowest BCUT2D eigenvalue weighted by molar-refractivity contribution is 0.139. The number of nitrogens with one attached hydrogen (secondary N) is 1. The molecule has 0 amide bonds. The molecule has 1 N–H and O–H groups in total. The molecule has 0 bridgehead atoms. The van der Waals surface area contributed by atoms with Crippen LogP contribution in [0.4, 0.5) is 0 Å². The van der Waals surface area contributed by atoms with Crippen LogP contribution in [0.5, 0.6) is 0 Å². The summed E-state index contributed by atoms with van der Waals surface area (Å²) in [6.07, 6.45) is 1.09. The highest BCUT2D eigenvalue weighted by Gasteiger charge is 2.25. The maximum atomic E-state index is 5.76. The largest absolute Gasteiger partial charge is 0.444 e. The summed E-state index contributed by atoms with van der Waals surface area (Å²) in [6.45, 7) is 9.95. The maximum absolute atomic E-state index is 5.76. The van der Waals surface area contributed by atoms with E-state index in [2.05, 4.69) is 46.4 Å². The molecule has 0 saturated carbocycles. The molecular weight excluding hydrogens is 345 g/mol. The van der Waals surface area contributed by atoms with E-state index in [0.29, 0.717) is 6.04 Å². The molecule has 0 spiro atoms. The summed E-state index contributed by atoms with van der Waals surface area (Å²) in [5, 5.41) is 3.50. The van der Waals surface area contributed by atoms with Crippen LogP contribution in [-0.2, 0) is 13.0 Å². The molecule has 1 aliphatic rings. The van der Waals surface area contributed by atoms with Crippen LogP contribution in [0.3, 0.4) is 0 Å². The summed E-state index contributed by atoms with van der Waals surface area (Å²) >= 11 is 0. The Labute approximate surface area is 156 Å². The van der Waals surface area contributed by atoms with Crippen molar-refractivity contribution in [3.63, 3.8) is 0 Å². The van der Waals surface area contributed by atoms with Crippen molar-refractivity contribution >= 4 is 24.8 Å². The van der Waals surface area contributed by atoms with Gasteiger partial charge in [0.25, 0.3) is 0 Å². The smallest absolute Gasteiger partial charge is 0.208 e. The molecule has 1 fully saturated rings. The van der Waals surface area contributed by atoms with Crippen molar-refractivity contribution in [1.82, 2.24) is 15.2 Å². The Morgan fingerprint density at radius 3 is 2.50 bits per heavy atom. The lowest BCUT2D eigenvalue weighted by Gasteiger charge is -2.35. The van der Waals surface area contributed by atoms with Crippen LogP contribution >= 0.6 is 24.8 Å². The predicted molar refractivity (Wildman–Crippen MR) is 102 cm³/mol. The predicted octanol–water partition coefficient (Wildman–Crippen LogP) is 3.84. The minimum absolute atomic E-state index is 0. The van der Waals surface area contributed by atoms with Crippen LogP contribution in [0, 0.1) is 13.8 Å². The van der Waals surface area contributed by atoms with Crippen molar-refractivity contribution in [1.29, 1.82) is 0 Å². The second-order valence-electron chi connectivity index (χ2n) is 6.03. The molecule has 6 heteroatoms. The van der Waals surface area contributed by atoms with E-state index in [-0.39, 0.29) is 24.8 Å². The summed E-state index contributed by atoms with van der Waals surface area (Å²) in [6, 6.07) is 9.38. The zero-order chi connectivity index (χ0) is 15.5. The Kier molecular flexibility index (Phi) is 8.23. The molecule has 1 saturated heterocycles. The SMILES string of the molecule is CCc1ccc(C2CNCCN2Cc2nc(C)c(C)o2)cc1.Cl.Cl. The summed E-state index contributed by atoms with van der Waals surface area (Å²) in [4.78, 5) is 6.99. The van der Waals surface area contributed by atoms with Crippen molar-refractivity contribution in [3.8, 4) is 0 Å². The van der Waals surface area contributed by atoms with Gasteiger partial charge in [-0.15, -0.1) is 24.8 Å². The number of aryl methyl sites for hydroxylation is 3. The van der Waals surface area contributed by atoms with E-state index in [1.54, 1.807) is 0 Å². The molecule has 134 valence electrons. The third kappa shape index (κ3) is 4.73. The standard InChI is InChI=1S/C18H25N3O.2ClH/c1-4-15-5-7-16(8-6-15)17-11-19-9-10-21(17)12-18-20-13(2)14(3)22-18;;/h5-8,17,19H,4,9-12H2,1-3H3;2*1H. The summed E-state index contributed by atoms with van der Waals surface area (Å²) in [5.74, 6) is 1.75. The average Bonchev–Trinajstić information content (AvgIpc) is 2.86. The monoisotopic (exact) mass is 371 g/mol. The fraction of sp³-hybridized carbons (Fsp3) is 0.500. The minimum atomic E-state index is 0. The summed E-state index contributed by atoms with van der Waals surface area (Å²) in [7, 11) is 0. The third-order valence-corrected chi connectivity index (χ3v) is 4.54. The molecule has 1 aromatic heterocycles. The number of hydrogen-bond donors (Lipinski definition) is 1. The van der Waals surface area contributed by atoms with E-state index in [1.807, 2.05) is 13.8 Å². The average molecular weight is 372 g/mol. The zero-order valence-electron chi connectivity index (χ0n) is 14.5. The van der Waals surface area contributed by atoms with Crippen molar-refractivity contribution in [3.05, 3.63) is 52.7 Å². The summed E-state index contributed by atoms with van der Waals surface area (Å²) < 4.78 is 5.76. The van der Waals surface area contributed by atoms with Gasteiger partial charge in [0.1, 0.15) is 5.76 Å². The van der Waals surface area contributed by atoms with Gasteiger partial charge in [-0.3, -0.25) is 4.90 Å². The van der Waals surface area contributed by atoms with Gasteiger partial charge < -0.3 is 9.73 Å². The van der Waals surface area contributed by atoms with Crippen LogP contribution in [0.25, 0.3) is 0 Å². The molecule has 2 aromatic rings. The topological polar surface area (TPSA) is 41.3 Å². The van der Waals surface area contributed by atoms with E-state index >= 15 is 0 Å². The fourth-order valence-electron chi connectivity index (χ4n) is 3.02. The van der Waals surface area contributed by atoms with Gasteiger partial charge in [-0.2, -0.15) is 0 Å². The van der Waals surface area contributed by atoms with Crippen LogP contribution in [0.1, 0.15) is 41.4 Å². The molecule has 1 atom stereocenters. The second-order valence-corrected chi connectivity index (χ2v) is 6.03. The quantitative estimate of drug-likeness (QED) is 0.885. The number of hydrogen-bond acceptors (Lipinski definition) is 4. The maximum Gasteiger partial charge on any atom is 0.208 e. The first-order valence-electron chi connectivity index (χ1n) is 8.14. The van der Waals surface area contributed by atoms with Gasteiger partial charge in [-0.05, 0) is 31.4 Å². The number of nitrogens with zero attached hydrogens (tertiary/aromatic N) is 2. The van der Waals surface area contributed by atoms with Crippen molar-refractivity contribution < 1.29 is 4.42 Å². The van der Waals surface area contributed by atoms with Crippen LogP contribution < -0.4 is 5.32 Å². The van der Waals surface area contributed by atoms with Gasteiger partial charge in [0, 0.05) is 25.7 Å². The highest BCUT2D eigenvalue weighted by molar-refractivity contribution is 5.85. The minimum Gasteiger partial charge on any atom is -0.444 e. The molecular formula is C18H27Cl2N3O. The van der Waals surface area contributed by atoms with E-state index in [0.717, 1.165) is 49.9 Å². The molecule has 24 heavy (non-hydrogen) atoms. The summed E-state index contributed by atoms with van der Waals surface area (Å²) in [5.41, 5.74) is 3.75. The van der Waals surface area contributed by atoms with E-state index in [1.165, 1.54) is 11.1 Å².